The van der Waals surface area contributed by atoms with Crippen molar-refractivity contribution in [3.63, 3.8) is 0 Å². The Morgan fingerprint density at radius 1 is 1.15 bits per heavy atom. The number of likely N-dealkylation sites (N-methyl/N-ethyl adjacent to an activating group) is 1. The molecule has 144 valence electrons. The zero-order chi connectivity index (χ0) is 19.4. The molecular weight excluding hydrogens is 348 g/mol. The summed E-state index contributed by atoms with van der Waals surface area (Å²) in [5.41, 5.74) is 1.70. The molecule has 0 saturated heterocycles. The highest BCUT2D eigenvalue weighted by molar-refractivity contribution is 5.93. The molecule has 1 aliphatic heterocycles. The molecule has 0 radical (unpaired) electrons. The Morgan fingerprint density at radius 3 is 2.67 bits per heavy atom. The molecule has 3 rings (SSSR count). The third-order valence-electron chi connectivity index (χ3n) is 4.74. The third kappa shape index (κ3) is 4.25. The van der Waals surface area contributed by atoms with Gasteiger partial charge in [0, 0.05) is 23.4 Å². The van der Waals surface area contributed by atoms with Gasteiger partial charge >= 0.3 is 0 Å². The van der Waals surface area contributed by atoms with Crippen molar-refractivity contribution in [2.45, 2.75) is 19.5 Å². The minimum absolute atomic E-state index is 0.0705. The van der Waals surface area contributed by atoms with Gasteiger partial charge in [-0.3, -0.25) is 4.79 Å². The zero-order valence-corrected chi connectivity index (χ0v) is 16.0. The van der Waals surface area contributed by atoms with Crippen LogP contribution in [-0.4, -0.2) is 40.0 Å². The minimum atomic E-state index is -0.262. The van der Waals surface area contributed by atoms with Crippen LogP contribution in [0.3, 0.4) is 0 Å². The van der Waals surface area contributed by atoms with E-state index in [0.717, 1.165) is 22.0 Å². The number of benzene rings is 2. The number of quaternary nitrogens is 1. The fourth-order valence-electron chi connectivity index (χ4n) is 2.90. The van der Waals surface area contributed by atoms with Gasteiger partial charge in [-0.25, -0.2) is 0 Å². The largest absolute Gasteiger partial charge is 0.497 e. The van der Waals surface area contributed by atoms with Crippen molar-refractivity contribution in [2.24, 2.45) is 0 Å². The van der Waals surface area contributed by atoms with Crippen molar-refractivity contribution >= 4 is 11.6 Å². The first-order valence-electron chi connectivity index (χ1n) is 8.75. The average molecular weight is 373 g/mol. The van der Waals surface area contributed by atoms with Gasteiger partial charge in [-0.05, 0) is 31.2 Å². The Bertz CT molecular complexity index is 824. The number of fused-ring (bicyclic) bond motifs is 1. The number of rotatable bonds is 7. The SMILES string of the molecule is COc1ccc(C[NH+](C)[C@H](C)C(=O)Nc2ccc3c(c2)OCO3)c(OC)c1. The molecule has 2 N–H and O–H groups in total. The third-order valence-corrected chi connectivity index (χ3v) is 4.74. The Balaban J connectivity index is 1.64. The summed E-state index contributed by atoms with van der Waals surface area (Å²) < 4.78 is 21.3. The predicted octanol–water partition coefficient (Wildman–Crippen LogP) is 1.47. The van der Waals surface area contributed by atoms with Gasteiger partial charge < -0.3 is 29.2 Å². The van der Waals surface area contributed by atoms with Crippen molar-refractivity contribution in [2.75, 3.05) is 33.4 Å². The molecular formula is C20H25N2O5+. The van der Waals surface area contributed by atoms with Crippen molar-refractivity contribution in [3.05, 3.63) is 42.0 Å². The van der Waals surface area contributed by atoms with E-state index in [1.807, 2.05) is 32.2 Å². The molecule has 1 unspecified atom stereocenters. The van der Waals surface area contributed by atoms with Gasteiger partial charge in [-0.2, -0.15) is 0 Å². The van der Waals surface area contributed by atoms with Crippen molar-refractivity contribution < 1.29 is 28.6 Å². The molecule has 7 heteroatoms. The monoisotopic (exact) mass is 373 g/mol. The number of carbonyl (C=O) groups excluding carboxylic acids is 1. The maximum atomic E-state index is 12.6. The Morgan fingerprint density at radius 2 is 1.93 bits per heavy atom. The molecule has 0 saturated carbocycles. The fourth-order valence-corrected chi connectivity index (χ4v) is 2.90. The normalized spacial score (nSPS) is 14.4. The summed E-state index contributed by atoms with van der Waals surface area (Å²) in [5, 5.41) is 2.94. The molecule has 1 heterocycles. The van der Waals surface area contributed by atoms with E-state index in [-0.39, 0.29) is 18.7 Å². The van der Waals surface area contributed by atoms with Crippen molar-refractivity contribution in [1.82, 2.24) is 0 Å². The standard InChI is InChI=1S/C20H24N2O5/c1-13(20(23)21-15-6-8-17-19(9-15)27-12-26-17)22(2)11-14-5-7-16(24-3)10-18(14)25-4/h5-10,13H,11-12H2,1-4H3,(H,21,23)/p+1/t13-/m1/s1. The van der Waals surface area contributed by atoms with E-state index in [1.165, 1.54) is 0 Å². The van der Waals surface area contributed by atoms with Gasteiger partial charge in [0.2, 0.25) is 6.79 Å². The molecule has 2 atom stereocenters. The van der Waals surface area contributed by atoms with Crippen LogP contribution in [-0.2, 0) is 11.3 Å². The van der Waals surface area contributed by atoms with E-state index in [9.17, 15) is 4.79 Å². The number of ether oxygens (including phenoxy) is 4. The van der Waals surface area contributed by atoms with Crippen LogP contribution >= 0.6 is 0 Å². The molecule has 7 nitrogen and oxygen atoms in total. The first kappa shape index (κ1) is 18.8. The van der Waals surface area contributed by atoms with E-state index in [2.05, 4.69) is 5.32 Å². The molecule has 1 amide bonds. The number of hydrogen-bond acceptors (Lipinski definition) is 5. The summed E-state index contributed by atoms with van der Waals surface area (Å²) in [6.07, 6.45) is 0. The molecule has 0 aromatic heterocycles. The number of methoxy groups -OCH3 is 2. The molecule has 0 bridgehead atoms. The van der Waals surface area contributed by atoms with Crippen LogP contribution in [0.2, 0.25) is 0 Å². The smallest absolute Gasteiger partial charge is 0.282 e. The van der Waals surface area contributed by atoms with Gasteiger partial charge in [-0.1, -0.05) is 0 Å². The molecule has 27 heavy (non-hydrogen) atoms. The van der Waals surface area contributed by atoms with Crippen LogP contribution < -0.4 is 29.2 Å². The fraction of sp³-hybridized carbons (Fsp3) is 0.350. The number of nitrogens with one attached hydrogen (secondary N) is 2. The minimum Gasteiger partial charge on any atom is -0.497 e. The van der Waals surface area contributed by atoms with E-state index in [4.69, 9.17) is 18.9 Å². The molecule has 2 aromatic rings. The maximum absolute atomic E-state index is 12.6. The van der Waals surface area contributed by atoms with E-state index in [0.29, 0.717) is 23.7 Å². The highest BCUT2D eigenvalue weighted by atomic mass is 16.7. The van der Waals surface area contributed by atoms with Gasteiger partial charge in [0.05, 0.1) is 21.3 Å². The average Bonchev–Trinajstić information content (AvgIpc) is 3.15. The summed E-state index contributed by atoms with van der Waals surface area (Å²) in [6.45, 7) is 2.75. The van der Waals surface area contributed by atoms with Crippen LogP contribution in [0.5, 0.6) is 23.0 Å². The lowest BCUT2D eigenvalue weighted by Gasteiger charge is -2.22. The van der Waals surface area contributed by atoms with Crippen LogP contribution in [0.4, 0.5) is 5.69 Å². The lowest BCUT2D eigenvalue weighted by atomic mass is 10.1. The van der Waals surface area contributed by atoms with E-state index >= 15 is 0 Å². The second-order valence-corrected chi connectivity index (χ2v) is 6.48. The maximum Gasteiger partial charge on any atom is 0.282 e. The molecule has 2 aromatic carbocycles. The topological polar surface area (TPSA) is 70.5 Å². The van der Waals surface area contributed by atoms with Gasteiger partial charge in [0.1, 0.15) is 18.0 Å². The highest BCUT2D eigenvalue weighted by Crippen LogP contribution is 2.34. The Labute approximate surface area is 158 Å². The first-order valence-corrected chi connectivity index (χ1v) is 8.75. The molecule has 0 spiro atoms. The summed E-state index contributed by atoms with van der Waals surface area (Å²) in [6, 6.07) is 10.8. The highest BCUT2D eigenvalue weighted by Gasteiger charge is 2.24. The number of amides is 1. The molecule has 1 aliphatic rings. The van der Waals surface area contributed by atoms with Crippen molar-refractivity contribution in [1.29, 1.82) is 0 Å². The van der Waals surface area contributed by atoms with Crippen LogP contribution in [0.15, 0.2) is 36.4 Å². The zero-order valence-electron chi connectivity index (χ0n) is 16.0. The van der Waals surface area contributed by atoms with Crippen LogP contribution in [0.25, 0.3) is 0 Å². The second-order valence-electron chi connectivity index (χ2n) is 6.48. The first-order chi connectivity index (χ1) is 13.0. The predicted molar refractivity (Wildman–Crippen MR) is 101 cm³/mol. The quantitative estimate of drug-likeness (QED) is 0.769. The van der Waals surface area contributed by atoms with E-state index in [1.54, 1.807) is 32.4 Å². The Kier molecular flexibility index (Phi) is 5.71. The second kappa shape index (κ2) is 8.18. The summed E-state index contributed by atoms with van der Waals surface area (Å²) in [4.78, 5) is 13.7. The number of anilines is 1. The number of carbonyl (C=O) groups is 1. The van der Waals surface area contributed by atoms with E-state index < -0.39 is 0 Å². The Hall–Kier alpha value is -2.93. The van der Waals surface area contributed by atoms with Gasteiger partial charge in [-0.15, -0.1) is 0 Å². The lowest BCUT2D eigenvalue weighted by molar-refractivity contribution is -0.907. The van der Waals surface area contributed by atoms with Gasteiger partial charge in [0.15, 0.2) is 17.5 Å². The molecule has 0 fully saturated rings. The summed E-state index contributed by atoms with van der Waals surface area (Å²) in [7, 11) is 5.23. The molecule has 0 aliphatic carbocycles. The summed E-state index contributed by atoms with van der Waals surface area (Å²) >= 11 is 0. The summed E-state index contributed by atoms with van der Waals surface area (Å²) in [5.74, 6) is 2.75. The lowest BCUT2D eigenvalue weighted by Crippen LogP contribution is -3.12. The van der Waals surface area contributed by atoms with Crippen molar-refractivity contribution in [3.8, 4) is 23.0 Å². The van der Waals surface area contributed by atoms with Crippen LogP contribution in [0, 0.1) is 0 Å². The van der Waals surface area contributed by atoms with Gasteiger partial charge in [0.25, 0.3) is 5.91 Å². The van der Waals surface area contributed by atoms with Crippen LogP contribution in [0.1, 0.15) is 12.5 Å². The number of hydrogen-bond donors (Lipinski definition) is 2.